The van der Waals surface area contributed by atoms with Crippen LogP contribution in [-0.2, 0) is 0 Å². The largest absolute Gasteiger partial charge is 0.328 e. The molecule has 2 nitrogen and oxygen atoms in total. The van der Waals surface area contributed by atoms with E-state index in [-0.39, 0.29) is 0 Å². The standard InChI is InChI=1S/C11H24N2/c1-9(2)13(3)8-10-5-4-6-11(12)7-10/h9-11H,4-8,12H2,1-3H3. The van der Waals surface area contributed by atoms with Crippen LogP contribution < -0.4 is 5.73 Å². The van der Waals surface area contributed by atoms with Gasteiger partial charge >= 0.3 is 0 Å². The minimum Gasteiger partial charge on any atom is -0.328 e. The summed E-state index contributed by atoms with van der Waals surface area (Å²) in [6.45, 7) is 5.73. The van der Waals surface area contributed by atoms with Crippen LogP contribution in [0.4, 0.5) is 0 Å². The lowest BCUT2D eigenvalue weighted by atomic mass is 9.86. The molecule has 2 unspecified atom stereocenters. The normalized spacial score (nSPS) is 30.0. The predicted molar refractivity (Wildman–Crippen MR) is 57.7 cm³/mol. The number of nitrogens with zero attached hydrogens (tertiary/aromatic N) is 1. The Bertz CT molecular complexity index is 145. The zero-order valence-corrected chi connectivity index (χ0v) is 9.29. The number of nitrogens with two attached hydrogens (primary N) is 1. The third-order valence-corrected chi connectivity index (χ3v) is 3.25. The molecule has 0 aromatic heterocycles. The van der Waals surface area contributed by atoms with Crippen LogP contribution in [0.5, 0.6) is 0 Å². The molecule has 1 aliphatic rings. The van der Waals surface area contributed by atoms with Crippen molar-refractivity contribution in [2.75, 3.05) is 13.6 Å². The molecule has 0 spiro atoms. The van der Waals surface area contributed by atoms with Crippen LogP contribution in [0.3, 0.4) is 0 Å². The lowest BCUT2D eigenvalue weighted by molar-refractivity contribution is 0.192. The first-order valence-electron chi connectivity index (χ1n) is 5.55. The van der Waals surface area contributed by atoms with Crippen LogP contribution in [-0.4, -0.2) is 30.6 Å². The van der Waals surface area contributed by atoms with Crippen molar-refractivity contribution in [1.82, 2.24) is 4.90 Å². The molecule has 13 heavy (non-hydrogen) atoms. The Morgan fingerprint density at radius 3 is 2.62 bits per heavy atom. The predicted octanol–water partition coefficient (Wildman–Crippen LogP) is 1.84. The van der Waals surface area contributed by atoms with Crippen molar-refractivity contribution >= 4 is 0 Å². The monoisotopic (exact) mass is 184 g/mol. The van der Waals surface area contributed by atoms with Gasteiger partial charge in [-0.1, -0.05) is 6.42 Å². The van der Waals surface area contributed by atoms with Gasteiger partial charge in [-0.3, -0.25) is 0 Å². The van der Waals surface area contributed by atoms with E-state index in [1.165, 1.54) is 32.2 Å². The summed E-state index contributed by atoms with van der Waals surface area (Å²) in [5.74, 6) is 0.844. The zero-order valence-electron chi connectivity index (χ0n) is 9.29. The summed E-state index contributed by atoms with van der Waals surface area (Å²) in [5, 5.41) is 0. The van der Waals surface area contributed by atoms with Crippen molar-refractivity contribution in [3.8, 4) is 0 Å². The molecule has 0 saturated heterocycles. The van der Waals surface area contributed by atoms with Crippen LogP contribution in [0.1, 0.15) is 39.5 Å². The minimum absolute atomic E-state index is 0.472. The lowest BCUT2D eigenvalue weighted by Crippen LogP contribution is -2.36. The van der Waals surface area contributed by atoms with Gasteiger partial charge in [-0.05, 0) is 46.1 Å². The maximum Gasteiger partial charge on any atom is 0.00419 e. The molecule has 1 fully saturated rings. The van der Waals surface area contributed by atoms with Crippen LogP contribution in [0.2, 0.25) is 0 Å². The molecule has 2 heteroatoms. The van der Waals surface area contributed by atoms with E-state index < -0.39 is 0 Å². The maximum atomic E-state index is 5.96. The molecule has 2 atom stereocenters. The summed E-state index contributed by atoms with van der Waals surface area (Å²) in [7, 11) is 2.21. The summed E-state index contributed by atoms with van der Waals surface area (Å²) in [6, 6.07) is 1.14. The van der Waals surface area contributed by atoms with E-state index in [4.69, 9.17) is 5.73 Å². The number of hydrogen-bond donors (Lipinski definition) is 1. The molecule has 1 rings (SSSR count). The fourth-order valence-electron chi connectivity index (χ4n) is 2.12. The average molecular weight is 184 g/mol. The summed E-state index contributed by atoms with van der Waals surface area (Å²) in [5.41, 5.74) is 5.96. The van der Waals surface area contributed by atoms with E-state index in [0.717, 1.165) is 5.92 Å². The second-order valence-corrected chi connectivity index (χ2v) is 4.83. The molecule has 0 amide bonds. The molecule has 1 aliphatic carbocycles. The van der Waals surface area contributed by atoms with Gasteiger partial charge in [0.2, 0.25) is 0 Å². The van der Waals surface area contributed by atoms with Gasteiger partial charge < -0.3 is 10.6 Å². The van der Waals surface area contributed by atoms with Crippen LogP contribution in [0, 0.1) is 5.92 Å². The highest BCUT2D eigenvalue weighted by Crippen LogP contribution is 2.23. The minimum atomic E-state index is 0.472. The van der Waals surface area contributed by atoms with Crippen LogP contribution >= 0.6 is 0 Å². The molecule has 0 aliphatic heterocycles. The maximum absolute atomic E-state index is 5.96. The molecule has 78 valence electrons. The van der Waals surface area contributed by atoms with E-state index in [2.05, 4.69) is 25.8 Å². The SMILES string of the molecule is CC(C)N(C)CC1CCCC(N)C1. The Balaban J connectivity index is 2.27. The molecule has 0 aromatic rings. The van der Waals surface area contributed by atoms with E-state index >= 15 is 0 Å². The van der Waals surface area contributed by atoms with Crippen molar-refractivity contribution < 1.29 is 0 Å². The molecule has 1 saturated carbocycles. The van der Waals surface area contributed by atoms with Crippen LogP contribution in [0.25, 0.3) is 0 Å². The van der Waals surface area contributed by atoms with Crippen molar-refractivity contribution in [3.05, 3.63) is 0 Å². The fraction of sp³-hybridized carbons (Fsp3) is 1.00. The fourth-order valence-corrected chi connectivity index (χ4v) is 2.12. The zero-order chi connectivity index (χ0) is 9.84. The van der Waals surface area contributed by atoms with Gasteiger partial charge in [-0.2, -0.15) is 0 Å². The summed E-state index contributed by atoms with van der Waals surface area (Å²) in [4.78, 5) is 2.43. The van der Waals surface area contributed by atoms with Gasteiger partial charge in [0.1, 0.15) is 0 Å². The molecule has 2 N–H and O–H groups in total. The first-order chi connectivity index (χ1) is 6.09. The summed E-state index contributed by atoms with van der Waals surface area (Å²) < 4.78 is 0. The lowest BCUT2D eigenvalue weighted by Gasteiger charge is -2.31. The Labute approximate surface area is 82.5 Å². The molecular formula is C11H24N2. The molecule has 0 radical (unpaired) electrons. The average Bonchev–Trinajstić information content (AvgIpc) is 2.04. The molecule has 0 aromatic carbocycles. The smallest absolute Gasteiger partial charge is 0.00419 e. The second kappa shape index (κ2) is 4.97. The van der Waals surface area contributed by atoms with Gasteiger partial charge in [0, 0.05) is 18.6 Å². The Morgan fingerprint density at radius 1 is 1.38 bits per heavy atom. The quantitative estimate of drug-likeness (QED) is 0.725. The van der Waals surface area contributed by atoms with Crippen molar-refractivity contribution in [2.24, 2.45) is 11.7 Å². The molecule has 0 heterocycles. The van der Waals surface area contributed by atoms with Crippen molar-refractivity contribution in [2.45, 2.75) is 51.6 Å². The van der Waals surface area contributed by atoms with E-state index in [9.17, 15) is 0 Å². The van der Waals surface area contributed by atoms with Gasteiger partial charge in [-0.15, -0.1) is 0 Å². The third-order valence-electron chi connectivity index (χ3n) is 3.25. The number of rotatable bonds is 3. The van der Waals surface area contributed by atoms with Gasteiger partial charge in [0.25, 0.3) is 0 Å². The summed E-state index contributed by atoms with van der Waals surface area (Å²) in [6.07, 6.45) is 5.18. The van der Waals surface area contributed by atoms with Crippen molar-refractivity contribution in [1.29, 1.82) is 0 Å². The van der Waals surface area contributed by atoms with E-state index in [1.807, 2.05) is 0 Å². The molecular weight excluding hydrogens is 160 g/mol. The Morgan fingerprint density at radius 2 is 2.08 bits per heavy atom. The van der Waals surface area contributed by atoms with Crippen molar-refractivity contribution in [3.63, 3.8) is 0 Å². The highest BCUT2D eigenvalue weighted by atomic mass is 15.1. The second-order valence-electron chi connectivity index (χ2n) is 4.83. The highest BCUT2D eigenvalue weighted by Gasteiger charge is 2.20. The summed E-state index contributed by atoms with van der Waals surface area (Å²) >= 11 is 0. The van der Waals surface area contributed by atoms with E-state index in [0.29, 0.717) is 12.1 Å². The topological polar surface area (TPSA) is 29.3 Å². The number of hydrogen-bond acceptors (Lipinski definition) is 2. The first-order valence-corrected chi connectivity index (χ1v) is 5.55. The third kappa shape index (κ3) is 3.65. The Kier molecular flexibility index (Phi) is 4.20. The van der Waals surface area contributed by atoms with Crippen LogP contribution in [0.15, 0.2) is 0 Å². The van der Waals surface area contributed by atoms with Gasteiger partial charge in [0.15, 0.2) is 0 Å². The Hall–Kier alpha value is -0.0800. The first kappa shape index (κ1) is 11.0. The molecule has 0 bridgehead atoms. The highest BCUT2D eigenvalue weighted by molar-refractivity contribution is 4.77. The van der Waals surface area contributed by atoms with E-state index in [1.54, 1.807) is 0 Å². The van der Waals surface area contributed by atoms with Gasteiger partial charge in [-0.25, -0.2) is 0 Å². The van der Waals surface area contributed by atoms with Gasteiger partial charge in [0.05, 0.1) is 0 Å².